The fraction of sp³-hybridized carbons (Fsp3) is 0.588. The van der Waals surface area contributed by atoms with Gasteiger partial charge in [0.15, 0.2) is 5.78 Å². The summed E-state index contributed by atoms with van der Waals surface area (Å²) in [6.07, 6.45) is 5.43. The molecule has 1 aliphatic carbocycles. The number of allylic oxidation sites excluding steroid dienone is 4. The minimum Gasteiger partial charge on any atom is -0.294 e. The Bertz CT molecular complexity index is 500. The van der Waals surface area contributed by atoms with Crippen molar-refractivity contribution in [2.24, 2.45) is 0 Å². The maximum atomic E-state index is 12.5. The van der Waals surface area contributed by atoms with Gasteiger partial charge in [0.2, 0.25) is 0 Å². The number of carbonyl (C=O) groups is 1. The van der Waals surface area contributed by atoms with Crippen molar-refractivity contribution in [1.29, 1.82) is 0 Å². The Kier molecular flexibility index (Phi) is 5.68. The van der Waals surface area contributed by atoms with Crippen molar-refractivity contribution in [2.75, 3.05) is 0 Å². The molecule has 0 saturated carbocycles. The van der Waals surface area contributed by atoms with E-state index >= 15 is 0 Å². The van der Waals surface area contributed by atoms with E-state index in [2.05, 4.69) is 62.8 Å². The van der Waals surface area contributed by atoms with Gasteiger partial charge >= 0.3 is 0 Å². The summed E-state index contributed by atoms with van der Waals surface area (Å²) in [5, 5.41) is 0. The van der Waals surface area contributed by atoms with Crippen LogP contribution in [0, 0.1) is 0 Å². The summed E-state index contributed by atoms with van der Waals surface area (Å²) in [7, 11) is -2.59. The van der Waals surface area contributed by atoms with Gasteiger partial charge in [-0.3, -0.25) is 4.79 Å². The van der Waals surface area contributed by atoms with Crippen molar-refractivity contribution in [3.05, 3.63) is 34.7 Å². The highest BCUT2D eigenvalue weighted by atomic mass is 35.5. The summed E-state index contributed by atoms with van der Waals surface area (Å²) in [5.41, 5.74) is 6.54. The second-order valence-corrected chi connectivity index (χ2v) is 19.6. The van der Waals surface area contributed by atoms with Gasteiger partial charge in [0.25, 0.3) is 0 Å². The number of hydrogen-bond acceptors (Lipinski definition) is 1. The molecule has 1 unspecified atom stereocenters. The molecule has 0 amide bonds. The summed E-state index contributed by atoms with van der Waals surface area (Å²) in [6.45, 7) is 15.7. The first-order valence-corrected chi connectivity index (χ1v) is 15.2. The van der Waals surface area contributed by atoms with Gasteiger partial charge in [-0.15, -0.1) is 11.6 Å². The summed E-state index contributed by atoms with van der Waals surface area (Å²) in [6, 6.07) is 0. The lowest BCUT2D eigenvalue weighted by molar-refractivity contribution is -0.116. The van der Waals surface area contributed by atoms with Crippen molar-refractivity contribution in [3.63, 3.8) is 0 Å². The number of hydrogen-bond donors (Lipinski definition) is 0. The lowest BCUT2D eigenvalue weighted by Gasteiger charge is -2.29. The van der Waals surface area contributed by atoms with Crippen LogP contribution in [0.1, 0.15) is 19.8 Å². The van der Waals surface area contributed by atoms with Gasteiger partial charge in [0, 0.05) is 12.0 Å². The average Bonchev–Trinajstić information content (AvgIpc) is 2.20. The molecule has 0 radical (unpaired) electrons. The highest BCUT2D eigenvalue weighted by Gasteiger charge is 2.33. The van der Waals surface area contributed by atoms with Crippen molar-refractivity contribution in [3.8, 4) is 0 Å². The Morgan fingerprint density at radius 1 is 0.952 bits per heavy atom. The molecule has 1 atom stereocenters. The lowest BCUT2D eigenvalue weighted by atomic mass is 9.83. The lowest BCUT2D eigenvalue weighted by Crippen LogP contribution is -2.29. The van der Waals surface area contributed by atoms with Gasteiger partial charge in [-0.1, -0.05) is 62.8 Å². The van der Waals surface area contributed by atoms with E-state index in [1.165, 1.54) is 0 Å². The minimum absolute atomic E-state index is 0.184. The van der Waals surface area contributed by atoms with Crippen LogP contribution in [-0.4, -0.2) is 26.8 Å². The van der Waals surface area contributed by atoms with Gasteiger partial charge in [-0.25, -0.2) is 0 Å². The Balaban J connectivity index is 3.24. The largest absolute Gasteiger partial charge is 0.294 e. The molecule has 0 saturated heterocycles. The van der Waals surface area contributed by atoms with E-state index in [4.69, 9.17) is 11.6 Å². The fourth-order valence-corrected chi connectivity index (χ4v) is 3.83. The Morgan fingerprint density at radius 2 is 1.43 bits per heavy atom. The number of ketones is 1. The second kappa shape index (κ2) is 6.39. The van der Waals surface area contributed by atoms with Gasteiger partial charge in [-0.2, -0.15) is 0 Å². The maximum absolute atomic E-state index is 12.5. The number of carbonyl (C=O) groups excluding carboxylic acids is 1. The summed E-state index contributed by atoms with van der Waals surface area (Å²) >= 11 is 6.47. The third-order valence-electron chi connectivity index (χ3n) is 3.27. The van der Waals surface area contributed by atoms with Gasteiger partial charge in [0.1, 0.15) is 0 Å². The zero-order valence-corrected chi connectivity index (χ0v) is 17.3. The fourth-order valence-electron chi connectivity index (χ4n) is 2.20. The van der Waals surface area contributed by atoms with Crippen LogP contribution in [0.4, 0.5) is 0 Å². The molecule has 0 fully saturated rings. The molecule has 0 N–H and O–H groups in total. The number of halogens is 1. The van der Waals surface area contributed by atoms with Crippen LogP contribution in [0.15, 0.2) is 34.7 Å². The molecular weight excluding hydrogens is 312 g/mol. The van der Waals surface area contributed by atoms with Gasteiger partial charge in [0.05, 0.1) is 21.0 Å². The summed E-state index contributed by atoms with van der Waals surface area (Å²) in [5.74, 6) is 0.184. The molecule has 0 aliphatic heterocycles. The molecule has 4 heteroatoms. The molecule has 0 spiro atoms. The van der Waals surface area contributed by atoms with E-state index in [1.54, 1.807) is 0 Å². The van der Waals surface area contributed by atoms with Crippen LogP contribution in [0.2, 0.25) is 39.3 Å². The van der Waals surface area contributed by atoms with Crippen molar-refractivity contribution in [2.45, 2.75) is 63.9 Å². The van der Waals surface area contributed by atoms with Crippen LogP contribution in [0.3, 0.4) is 0 Å². The molecule has 0 aromatic heterocycles. The molecule has 1 aliphatic rings. The highest BCUT2D eigenvalue weighted by Crippen LogP contribution is 2.36. The first kappa shape index (κ1) is 18.7. The molecule has 21 heavy (non-hydrogen) atoms. The normalized spacial score (nSPS) is 25.4. The average molecular weight is 341 g/mol. The third kappa shape index (κ3) is 6.94. The molecule has 0 bridgehead atoms. The monoisotopic (exact) mass is 340 g/mol. The van der Waals surface area contributed by atoms with E-state index in [1.807, 2.05) is 6.92 Å². The zero-order valence-electron chi connectivity index (χ0n) is 14.5. The smallest absolute Gasteiger partial charge is 0.164 e. The zero-order chi connectivity index (χ0) is 16.5. The van der Waals surface area contributed by atoms with E-state index in [0.717, 1.165) is 17.6 Å². The van der Waals surface area contributed by atoms with Gasteiger partial charge in [-0.05, 0) is 18.9 Å². The number of rotatable bonds is 4. The molecule has 0 aromatic rings. The SMILES string of the molecule is CC1(Cl)CC(=O)C(/C=C/[Si](C)(C)C)=C(/C=C/[Si](C)(C)C)C1. The van der Waals surface area contributed by atoms with E-state index in [0.29, 0.717) is 6.42 Å². The molecule has 0 aromatic carbocycles. The van der Waals surface area contributed by atoms with Crippen molar-refractivity contribution in [1.82, 2.24) is 0 Å². The van der Waals surface area contributed by atoms with Crippen LogP contribution >= 0.6 is 11.6 Å². The molecular formula is C17H29ClOSi2. The van der Waals surface area contributed by atoms with Crippen molar-refractivity contribution < 1.29 is 4.79 Å². The number of Topliss-reactive ketones (excluding diaryl/α,β-unsaturated/α-hetero) is 1. The first-order valence-electron chi connectivity index (χ1n) is 7.63. The van der Waals surface area contributed by atoms with Crippen LogP contribution < -0.4 is 0 Å². The predicted molar refractivity (Wildman–Crippen MR) is 100 cm³/mol. The maximum Gasteiger partial charge on any atom is 0.164 e. The highest BCUT2D eigenvalue weighted by molar-refractivity contribution is 6.81. The molecule has 1 rings (SSSR count). The summed E-state index contributed by atoms with van der Waals surface area (Å²) in [4.78, 5) is 12.0. The quantitative estimate of drug-likeness (QED) is 0.487. The minimum atomic E-state index is -1.31. The topological polar surface area (TPSA) is 17.1 Å². The molecule has 1 nitrogen and oxygen atoms in total. The first-order chi connectivity index (χ1) is 9.29. The van der Waals surface area contributed by atoms with Crippen LogP contribution in [0.25, 0.3) is 0 Å². The Labute approximate surface area is 137 Å². The van der Waals surface area contributed by atoms with Crippen molar-refractivity contribution >= 4 is 33.5 Å². The van der Waals surface area contributed by atoms with Gasteiger partial charge < -0.3 is 0 Å². The molecule has 0 heterocycles. The molecule has 118 valence electrons. The summed E-state index contributed by atoms with van der Waals surface area (Å²) < 4.78 is 0. The number of alkyl halides is 1. The van der Waals surface area contributed by atoms with Crippen LogP contribution in [-0.2, 0) is 4.79 Å². The Morgan fingerprint density at radius 3 is 1.90 bits per heavy atom. The van der Waals surface area contributed by atoms with Crippen LogP contribution in [0.5, 0.6) is 0 Å². The predicted octanol–water partition coefficient (Wildman–Crippen LogP) is 5.51. The third-order valence-corrected chi connectivity index (χ3v) is 5.87. The standard InChI is InChI=1S/C17H29ClOSi2/c1-17(18)12-14(8-10-20(2,3)4)15(16(19)13-17)9-11-21(5,6)7/h8-11H,12-13H2,1-7H3/b10-8+,11-9+. The Hall–Kier alpha value is -0.386. The van der Waals surface area contributed by atoms with E-state index < -0.39 is 21.0 Å². The second-order valence-electron chi connectivity index (χ2n) is 8.53. The van der Waals surface area contributed by atoms with E-state index in [9.17, 15) is 4.79 Å². The van der Waals surface area contributed by atoms with E-state index in [-0.39, 0.29) is 5.78 Å².